The van der Waals surface area contributed by atoms with Crippen LogP contribution in [0, 0.1) is 0 Å². The van der Waals surface area contributed by atoms with E-state index in [-0.39, 0.29) is 24.1 Å². The molecule has 3 N–H and O–H groups in total. The van der Waals surface area contributed by atoms with Crippen molar-refractivity contribution in [2.75, 3.05) is 12.4 Å². The fourth-order valence-electron chi connectivity index (χ4n) is 4.53. The van der Waals surface area contributed by atoms with Crippen LogP contribution in [0.1, 0.15) is 54.4 Å². The van der Waals surface area contributed by atoms with Crippen LogP contribution in [0.4, 0.5) is 5.69 Å². The molecule has 0 spiro atoms. The lowest BCUT2D eigenvalue weighted by Crippen LogP contribution is -2.52. The predicted octanol–water partition coefficient (Wildman–Crippen LogP) is 1.39. The van der Waals surface area contributed by atoms with Crippen molar-refractivity contribution in [1.29, 1.82) is 0 Å². The number of imide groups is 1. The minimum Gasteiger partial charge on any atom is -0.381 e. The first-order chi connectivity index (χ1) is 13.1. The molecule has 3 aliphatic rings. The first kappa shape index (κ1) is 18.0. The molecule has 0 bridgehead atoms. The van der Waals surface area contributed by atoms with Gasteiger partial charge in [-0.3, -0.25) is 19.7 Å². The van der Waals surface area contributed by atoms with Gasteiger partial charge in [-0.25, -0.2) is 0 Å². The number of carbonyl (C=O) groups excluding carboxylic acids is 3. The van der Waals surface area contributed by atoms with Gasteiger partial charge in [0.1, 0.15) is 6.04 Å². The molecule has 144 valence electrons. The molecule has 0 radical (unpaired) electrons. The monoisotopic (exact) mass is 370 g/mol. The molecule has 27 heavy (non-hydrogen) atoms. The maximum absolute atomic E-state index is 12.8. The molecule has 4 rings (SSSR count). The number of hydrogen-bond donors (Lipinski definition) is 3. The van der Waals surface area contributed by atoms with E-state index in [0.717, 1.165) is 17.7 Å². The largest absolute Gasteiger partial charge is 0.381 e. The molecule has 2 heterocycles. The van der Waals surface area contributed by atoms with E-state index in [1.165, 1.54) is 19.3 Å². The van der Waals surface area contributed by atoms with Gasteiger partial charge in [0.15, 0.2) is 0 Å². The first-order valence-electron chi connectivity index (χ1n) is 9.78. The molecule has 3 amide bonds. The Morgan fingerprint density at radius 3 is 2.59 bits per heavy atom. The zero-order valence-electron chi connectivity index (χ0n) is 15.6. The minimum absolute atomic E-state index is 0.128. The topological polar surface area (TPSA) is 90.5 Å². The second-order valence-electron chi connectivity index (χ2n) is 7.70. The van der Waals surface area contributed by atoms with Crippen LogP contribution in [0.2, 0.25) is 0 Å². The van der Waals surface area contributed by atoms with E-state index in [2.05, 4.69) is 16.0 Å². The van der Waals surface area contributed by atoms with Crippen LogP contribution in [0.25, 0.3) is 0 Å². The van der Waals surface area contributed by atoms with Crippen molar-refractivity contribution in [2.24, 2.45) is 0 Å². The summed E-state index contributed by atoms with van der Waals surface area (Å²) in [6.45, 7) is 0.413. The van der Waals surface area contributed by atoms with Crippen molar-refractivity contribution in [3.8, 4) is 0 Å². The summed E-state index contributed by atoms with van der Waals surface area (Å²) in [5.74, 6) is -0.764. The lowest BCUT2D eigenvalue weighted by molar-refractivity contribution is -0.136. The third-order valence-electron chi connectivity index (χ3n) is 6.01. The summed E-state index contributed by atoms with van der Waals surface area (Å²) in [5, 5.41) is 9.35. The van der Waals surface area contributed by atoms with Gasteiger partial charge in [0.05, 0.1) is 0 Å². The highest BCUT2D eigenvalue weighted by Gasteiger charge is 2.39. The van der Waals surface area contributed by atoms with Crippen LogP contribution in [0.3, 0.4) is 0 Å². The van der Waals surface area contributed by atoms with E-state index in [4.69, 9.17) is 0 Å². The Labute approximate surface area is 158 Å². The Bertz CT molecular complexity index is 778. The van der Waals surface area contributed by atoms with E-state index in [0.29, 0.717) is 30.6 Å². The summed E-state index contributed by atoms with van der Waals surface area (Å²) in [4.78, 5) is 37.9. The lowest BCUT2D eigenvalue weighted by atomic mass is 9.90. The number of rotatable bonds is 4. The summed E-state index contributed by atoms with van der Waals surface area (Å²) in [6, 6.07) is 6.10. The second kappa shape index (κ2) is 7.31. The van der Waals surface area contributed by atoms with E-state index in [1.54, 1.807) is 4.90 Å². The van der Waals surface area contributed by atoms with Crippen LogP contribution >= 0.6 is 0 Å². The van der Waals surface area contributed by atoms with Gasteiger partial charge in [-0.05, 0) is 50.1 Å². The standard InChI is InChI=1S/C20H26N4O3/c1-21-15-4-2-3-5-16(15)22-13-6-7-14-12(10-13)11-24(20(14)27)17-8-9-18(25)23-19(17)26/h6-7,10,15-17,21-22H,2-5,8-9,11H2,1H3,(H,23,25,26). The maximum Gasteiger partial charge on any atom is 0.255 e. The number of nitrogens with one attached hydrogen (secondary N) is 3. The summed E-state index contributed by atoms with van der Waals surface area (Å²) in [7, 11) is 2.00. The molecule has 2 fully saturated rings. The molecule has 1 saturated carbocycles. The zero-order chi connectivity index (χ0) is 19.0. The number of benzene rings is 1. The van der Waals surface area contributed by atoms with Crippen molar-refractivity contribution in [3.05, 3.63) is 29.3 Å². The number of fused-ring (bicyclic) bond motifs is 1. The Balaban J connectivity index is 1.49. The lowest BCUT2D eigenvalue weighted by Gasteiger charge is -2.32. The maximum atomic E-state index is 12.8. The third kappa shape index (κ3) is 3.43. The van der Waals surface area contributed by atoms with Crippen molar-refractivity contribution in [1.82, 2.24) is 15.5 Å². The molecule has 0 aromatic heterocycles. The van der Waals surface area contributed by atoms with Gasteiger partial charge in [-0.2, -0.15) is 0 Å². The molecule has 7 heteroatoms. The van der Waals surface area contributed by atoms with Gasteiger partial charge in [0, 0.05) is 36.3 Å². The number of nitrogens with zero attached hydrogens (tertiary/aromatic N) is 1. The van der Waals surface area contributed by atoms with Gasteiger partial charge >= 0.3 is 0 Å². The van der Waals surface area contributed by atoms with E-state index in [9.17, 15) is 14.4 Å². The van der Waals surface area contributed by atoms with Crippen molar-refractivity contribution < 1.29 is 14.4 Å². The Hall–Kier alpha value is -2.41. The number of piperidine rings is 1. The number of amides is 3. The Morgan fingerprint density at radius 2 is 1.85 bits per heavy atom. The minimum atomic E-state index is -0.564. The predicted molar refractivity (Wildman–Crippen MR) is 101 cm³/mol. The van der Waals surface area contributed by atoms with Gasteiger partial charge < -0.3 is 15.5 Å². The highest BCUT2D eigenvalue weighted by molar-refractivity contribution is 6.05. The second-order valence-corrected chi connectivity index (χ2v) is 7.70. The average Bonchev–Trinajstić information content (AvgIpc) is 2.98. The fraction of sp³-hybridized carbons (Fsp3) is 0.550. The summed E-state index contributed by atoms with van der Waals surface area (Å²) in [6.07, 6.45) is 5.44. The van der Waals surface area contributed by atoms with E-state index < -0.39 is 6.04 Å². The van der Waals surface area contributed by atoms with Crippen LogP contribution in [-0.2, 0) is 16.1 Å². The first-order valence-corrected chi connectivity index (χ1v) is 9.78. The summed E-state index contributed by atoms with van der Waals surface area (Å²) >= 11 is 0. The highest BCUT2D eigenvalue weighted by atomic mass is 16.2. The number of hydrogen-bond acceptors (Lipinski definition) is 5. The molecule has 1 saturated heterocycles. The SMILES string of the molecule is CNC1CCCCC1Nc1ccc2c(c1)CN(C1CCC(=O)NC1=O)C2=O. The molecule has 7 nitrogen and oxygen atoms in total. The quantitative estimate of drug-likeness (QED) is 0.697. The zero-order valence-corrected chi connectivity index (χ0v) is 15.6. The van der Waals surface area contributed by atoms with Crippen molar-refractivity contribution in [2.45, 2.75) is 63.2 Å². The number of carbonyl (C=O) groups is 3. The van der Waals surface area contributed by atoms with Gasteiger partial charge in [-0.15, -0.1) is 0 Å². The average molecular weight is 370 g/mol. The molecule has 3 unspecified atom stereocenters. The Morgan fingerprint density at radius 1 is 1.07 bits per heavy atom. The van der Waals surface area contributed by atoms with Gasteiger partial charge in [0.2, 0.25) is 11.8 Å². The molecule has 1 aliphatic carbocycles. The van der Waals surface area contributed by atoms with Crippen LogP contribution in [-0.4, -0.2) is 47.8 Å². The normalized spacial score (nSPS) is 28.1. The van der Waals surface area contributed by atoms with Gasteiger partial charge in [-0.1, -0.05) is 12.8 Å². The molecule has 3 atom stereocenters. The smallest absolute Gasteiger partial charge is 0.255 e. The molecular formula is C20H26N4O3. The molecular weight excluding hydrogens is 344 g/mol. The van der Waals surface area contributed by atoms with E-state index in [1.807, 2.05) is 25.2 Å². The van der Waals surface area contributed by atoms with Crippen molar-refractivity contribution >= 4 is 23.4 Å². The summed E-state index contributed by atoms with van der Waals surface area (Å²) < 4.78 is 0. The summed E-state index contributed by atoms with van der Waals surface area (Å²) in [5.41, 5.74) is 2.60. The number of likely N-dealkylation sites (N-methyl/N-ethyl adjacent to an activating group) is 1. The van der Waals surface area contributed by atoms with E-state index >= 15 is 0 Å². The van der Waals surface area contributed by atoms with Gasteiger partial charge in [0.25, 0.3) is 5.91 Å². The van der Waals surface area contributed by atoms with Crippen LogP contribution in [0.5, 0.6) is 0 Å². The number of anilines is 1. The highest BCUT2D eigenvalue weighted by Crippen LogP contribution is 2.30. The Kier molecular flexibility index (Phi) is 4.86. The third-order valence-corrected chi connectivity index (χ3v) is 6.01. The molecule has 1 aromatic carbocycles. The molecule has 2 aliphatic heterocycles. The van der Waals surface area contributed by atoms with Crippen molar-refractivity contribution in [3.63, 3.8) is 0 Å². The fourth-order valence-corrected chi connectivity index (χ4v) is 4.53. The van der Waals surface area contributed by atoms with Crippen LogP contribution in [0.15, 0.2) is 18.2 Å². The molecule has 1 aromatic rings. The van der Waals surface area contributed by atoms with Crippen LogP contribution < -0.4 is 16.0 Å².